The number of nitrogens with one attached hydrogen (secondary N) is 1. The van der Waals surface area contributed by atoms with Crippen LogP contribution in [-0.4, -0.2) is 35.6 Å². The highest BCUT2D eigenvalue weighted by atomic mass is 16.5. The summed E-state index contributed by atoms with van der Waals surface area (Å²) in [6, 6.07) is 14.3. The van der Waals surface area contributed by atoms with E-state index in [1.807, 2.05) is 25.1 Å². The molecule has 0 saturated heterocycles. The Balaban J connectivity index is 2.08. The highest BCUT2D eigenvalue weighted by Crippen LogP contribution is 2.24. The Morgan fingerprint density at radius 1 is 1.26 bits per heavy atom. The number of hydrogen-bond acceptors (Lipinski definition) is 6. The first-order valence-corrected chi connectivity index (χ1v) is 9.69. The van der Waals surface area contributed by atoms with Crippen molar-refractivity contribution in [2.24, 2.45) is 0 Å². The van der Waals surface area contributed by atoms with E-state index in [0.29, 0.717) is 31.0 Å². The topological polar surface area (TPSA) is 106 Å². The van der Waals surface area contributed by atoms with Crippen molar-refractivity contribution >= 4 is 17.6 Å². The highest BCUT2D eigenvalue weighted by Gasteiger charge is 2.18. The van der Waals surface area contributed by atoms with Crippen LogP contribution < -0.4 is 15.6 Å². The molecule has 0 aliphatic rings. The number of ether oxygens (including phenoxy) is 2. The monoisotopic (exact) mass is 418 g/mol. The van der Waals surface area contributed by atoms with Crippen LogP contribution in [0.2, 0.25) is 0 Å². The molecule has 0 aliphatic carbocycles. The highest BCUT2D eigenvalue weighted by molar-refractivity contribution is 6.01. The third kappa shape index (κ3) is 5.15. The van der Waals surface area contributed by atoms with Gasteiger partial charge in [0.25, 0.3) is 11.5 Å². The second-order valence-corrected chi connectivity index (χ2v) is 6.71. The van der Waals surface area contributed by atoms with Crippen molar-refractivity contribution in [1.82, 2.24) is 14.7 Å². The van der Waals surface area contributed by atoms with Crippen LogP contribution in [0.3, 0.4) is 0 Å². The van der Waals surface area contributed by atoms with Gasteiger partial charge in [0.05, 0.1) is 0 Å². The largest absolute Gasteiger partial charge is 0.438 e. The molecule has 0 bridgehead atoms. The lowest BCUT2D eigenvalue weighted by molar-refractivity contribution is -0.117. The van der Waals surface area contributed by atoms with E-state index in [4.69, 9.17) is 9.47 Å². The van der Waals surface area contributed by atoms with E-state index in [9.17, 15) is 14.9 Å². The summed E-state index contributed by atoms with van der Waals surface area (Å²) in [7, 11) is 1.57. The fraction of sp³-hybridized carbons (Fsp3) is 0.217. The Morgan fingerprint density at radius 3 is 2.74 bits per heavy atom. The van der Waals surface area contributed by atoms with Crippen molar-refractivity contribution in [3.8, 4) is 17.7 Å². The van der Waals surface area contributed by atoms with E-state index in [1.54, 1.807) is 43.6 Å². The van der Waals surface area contributed by atoms with E-state index < -0.39 is 11.5 Å². The van der Waals surface area contributed by atoms with E-state index in [-0.39, 0.29) is 17.0 Å². The maximum absolute atomic E-state index is 13.2. The second-order valence-electron chi connectivity index (χ2n) is 6.71. The number of nitriles is 1. The molecule has 3 rings (SSSR count). The van der Waals surface area contributed by atoms with Gasteiger partial charge >= 0.3 is 0 Å². The number of benzene rings is 1. The fourth-order valence-corrected chi connectivity index (χ4v) is 2.90. The minimum Gasteiger partial charge on any atom is -0.438 e. The number of carbonyl (C=O) groups excluding carboxylic acids is 1. The Labute approximate surface area is 179 Å². The van der Waals surface area contributed by atoms with Gasteiger partial charge in [-0.3, -0.25) is 14.0 Å². The summed E-state index contributed by atoms with van der Waals surface area (Å²) < 4.78 is 12.2. The summed E-state index contributed by atoms with van der Waals surface area (Å²) in [5, 5.41) is 12.2. The van der Waals surface area contributed by atoms with Crippen LogP contribution >= 0.6 is 0 Å². The molecule has 0 atom stereocenters. The van der Waals surface area contributed by atoms with Gasteiger partial charge in [-0.25, -0.2) is 0 Å². The number of pyridine rings is 1. The van der Waals surface area contributed by atoms with Crippen LogP contribution in [0.5, 0.6) is 11.6 Å². The number of methoxy groups -OCH3 is 1. The summed E-state index contributed by atoms with van der Waals surface area (Å²) in [6.07, 6.45) is 3.40. The normalized spacial score (nSPS) is 11.2. The molecule has 1 N–H and O–H groups in total. The van der Waals surface area contributed by atoms with Crippen molar-refractivity contribution in [2.45, 2.75) is 13.3 Å². The molecule has 3 aromatic rings. The molecule has 2 heterocycles. The Bertz CT molecular complexity index is 1210. The Morgan fingerprint density at radius 2 is 2.03 bits per heavy atom. The number of fused-ring (bicyclic) bond motifs is 1. The van der Waals surface area contributed by atoms with Gasteiger partial charge in [-0.2, -0.15) is 10.2 Å². The first kappa shape index (κ1) is 21.7. The van der Waals surface area contributed by atoms with Gasteiger partial charge in [-0.1, -0.05) is 24.3 Å². The van der Waals surface area contributed by atoms with E-state index in [2.05, 4.69) is 10.3 Å². The van der Waals surface area contributed by atoms with Crippen LogP contribution in [0, 0.1) is 18.3 Å². The molecule has 1 amide bonds. The summed E-state index contributed by atoms with van der Waals surface area (Å²) in [4.78, 5) is 30.1. The SMILES string of the molecule is COCCCNC(=O)/C(C#N)=C/c1c(Oc2ccccc2)nc2c(C)cccn2c1=O. The van der Waals surface area contributed by atoms with Gasteiger partial charge in [0.2, 0.25) is 5.88 Å². The Hall–Kier alpha value is -3.96. The molecule has 0 radical (unpaired) electrons. The van der Waals surface area contributed by atoms with Crippen molar-refractivity contribution < 1.29 is 14.3 Å². The molecule has 1 aromatic carbocycles. The number of para-hydroxylation sites is 1. The second kappa shape index (κ2) is 10.2. The maximum Gasteiger partial charge on any atom is 0.269 e. The van der Waals surface area contributed by atoms with Crippen molar-refractivity contribution in [3.63, 3.8) is 0 Å². The molecule has 0 unspecified atom stereocenters. The molecule has 31 heavy (non-hydrogen) atoms. The Kier molecular flexibility index (Phi) is 7.14. The van der Waals surface area contributed by atoms with E-state index in [0.717, 1.165) is 5.56 Å². The number of aromatic nitrogens is 2. The number of rotatable bonds is 8. The van der Waals surface area contributed by atoms with Gasteiger partial charge in [-0.15, -0.1) is 0 Å². The van der Waals surface area contributed by atoms with Crippen molar-refractivity contribution in [1.29, 1.82) is 5.26 Å². The predicted octanol–water partition coefficient (Wildman–Crippen LogP) is 2.85. The number of nitrogens with zero attached hydrogens (tertiary/aromatic N) is 3. The number of aryl methyl sites for hydroxylation is 1. The van der Waals surface area contributed by atoms with Crippen LogP contribution in [0.1, 0.15) is 17.5 Å². The lowest BCUT2D eigenvalue weighted by atomic mass is 10.1. The first-order chi connectivity index (χ1) is 15.0. The van der Waals surface area contributed by atoms with Crippen LogP contribution in [0.25, 0.3) is 11.7 Å². The van der Waals surface area contributed by atoms with Gasteiger partial charge in [0, 0.05) is 26.5 Å². The standard InChI is InChI=1S/C23H22N4O4/c1-16-8-6-12-27-20(16)26-22(31-18-9-4-3-5-10-18)19(23(27)29)14-17(15-24)21(28)25-11-7-13-30-2/h3-6,8-10,12,14H,7,11,13H2,1-2H3,(H,25,28)/b17-14+. The lowest BCUT2D eigenvalue weighted by Gasteiger charge is -2.11. The molecule has 0 fully saturated rings. The molecular formula is C23H22N4O4. The van der Waals surface area contributed by atoms with Crippen LogP contribution in [0.15, 0.2) is 59.0 Å². The van der Waals surface area contributed by atoms with Crippen molar-refractivity contribution in [2.75, 3.05) is 20.3 Å². The quantitative estimate of drug-likeness (QED) is 0.343. The predicted molar refractivity (Wildman–Crippen MR) is 116 cm³/mol. The smallest absolute Gasteiger partial charge is 0.269 e. The van der Waals surface area contributed by atoms with Crippen molar-refractivity contribution in [3.05, 3.63) is 75.7 Å². The third-order valence-corrected chi connectivity index (χ3v) is 4.47. The zero-order valence-electron chi connectivity index (χ0n) is 17.3. The number of carbonyl (C=O) groups is 1. The molecule has 0 aliphatic heterocycles. The van der Waals surface area contributed by atoms with Crippen LogP contribution in [-0.2, 0) is 9.53 Å². The van der Waals surface area contributed by atoms with E-state index in [1.165, 1.54) is 10.5 Å². The molecular weight excluding hydrogens is 396 g/mol. The summed E-state index contributed by atoms with van der Waals surface area (Å²) in [6.45, 7) is 2.65. The fourth-order valence-electron chi connectivity index (χ4n) is 2.90. The first-order valence-electron chi connectivity index (χ1n) is 9.69. The number of hydrogen-bond donors (Lipinski definition) is 1. The molecule has 8 nitrogen and oxygen atoms in total. The average molecular weight is 418 g/mol. The minimum absolute atomic E-state index is 0.00976. The summed E-state index contributed by atoms with van der Waals surface area (Å²) in [5.41, 5.74) is 0.555. The minimum atomic E-state index is -0.585. The molecule has 158 valence electrons. The van der Waals surface area contributed by atoms with Gasteiger partial charge in [0.1, 0.15) is 28.6 Å². The summed E-state index contributed by atoms with van der Waals surface area (Å²) in [5.74, 6) is -0.0899. The zero-order valence-corrected chi connectivity index (χ0v) is 17.3. The zero-order chi connectivity index (χ0) is 22.2. The molecule has 0 spiro atoms. The van der Waals surface area contributed by atoms with Gasteiger partial charge < -0.3 is 14.8 Å². The lowest BCUT2D eigenvalue weighted by Crippen LogP contribution is -2.27. The number of amides is 1. The molecule has 0 saturated carbocycles. The average Bonchev–Trinajstić information content (AvgIpc) is 2.78. The third-order valence-electron chi connectivity index (χ3n) is 4.47. The summed E-state index contributed by atoms with van der Waals surface area (Å²) >= 11 is 0. The molecule has 8 heteroatoms. The molecule has 2 aromatic heterocycles. The maximum atomic E-state index is 13.2. The van der Waals surface area contributed by atoms with E-state index >= 15 is 0 Å². The van der Waals surface area contributed by atoms with Gasteiger partial charge in [-0.05, 0) is 43.2 Å². The van der Waals surface area contributed by atoms with Gasteiger partial charge in [0.15, 0.2) is 0 Å². The van der Waals surface area contributed by atoms with Crippen LogP contribution in [0.4, 0.5) is 0 Å².